The Morgan fingerprint density at radius 1 is 1.11 bits per heavy atom. The molecule has 4 rings (SSSR count). The molecule has 2 aromatic carbocycles. The van der Waals surface area contributed by atoms with Gasteiger partial charge in [-0.25, -0.2) is 14.7 Å². The van der Waals surface area contributed by atoms with Crippen molar-refractivity contribution in [3.05, 3.63) is 77.3 Å². The average Bonchev–Trinajstić information content (AvgIpc) is 2.84. The molecule has 0 bridgehead atoms. The molecule has 0 N–H and O–H groups in total. The lowest BCUT2D eigenvalue weighted by molar-refractivity contribution is -0.274. The van der Waals surface area contributed by atoms with Crippen molar-refractivity contribution in [2.75, 3.05) is 29.4 Å². The van der Waals surface area contributed by atoms with Crippen LogP contribution in [0.15, 0.2) is 72.0 Å². The molecule has 11 heteroatoms. The average molecular weight is 499 g/mol. The van der Waals surface area contributed by atoms with Crippen molar-refractivity contribution in [3.8, 4) is 5.75 Å². The predicted octanol–water partition coefficient (Wildman–Crippen LogP) is 6.16. The number of rotatable bonds is 5. The highest BCUT2D eigenvalue weighted by atomic mass is 19.4. The molecule has 0 aliphatic carbocycles. The number of carbonyl (C=O) groups is 1. The Kier molecular flexibility index (Phi) is 7.09. The summed E-state index contributed by atoms with van der Waals surface area (Å²) in [5.41, 5.74) is 2.33. The lowest BCUT2D eigenvalue weighted by Crippen LogP contribution is -2.56. The number of carbonyl (C=O) groups excluding carboxylic acids is 1. The van der Waals surface area contributed by atoms with Gasteiger partial charge in [0.15, 0.2) is 11.5 Å². The van der Waals surface area contributed by atoms with Crippen LogP contribution in [0.25, 0.3) is 0 Å². The number of halogens is 3. The summed E-state index contributed by atoms with van der Waals surface area (Å²) in [6, 6.07) is 15.3. The number of hydrogen-bond acceptors (Lipinski definition) is 6. The number of ether oxygens (including phenoxy) is 1. The third-order valence-electron chi connectivity index (χ3n) is 5.83. The molecule has 0 radical (unpaired) electrons. The van der Waals surface area contributed by atoms with Crippen molar-refractivity contribution in [3.63, 3.8) is 0 Å². The van der Waals surface area contributed by atoms with Crippen LogP contribution in [-0.4, -0.2) is 48.0 Å². The Bertz CT molecular complexity index is 1240. The summed E-state index contributed by atoms with van der Waals surface area (Å²) >= 11 is 0. The van der Waals surface area contributed by atoms with E-state index >= 15 is 0 Å². The van der Waals surface area contributed by atoms with Crippen molar-refractivity contribution < 1.29 is 22.7 Å². The number of urea groups is 1. The fourth-order valence-electron chi connectivity index (χ4n) is 4.22. The highest BCUT2D eigenvalue weighted by Crippen LogP contribution is 2.35. The lowest BCUT2D eigenvalue weighted by Gasteiger charge is -2.42. The smallest absolute Gasteiger partial charge is 0.406 e. The van der Waals surface area contributed by atoms with Crippen molar-refractivity contribution in [2.24, 2.45) is 5.18 Å². The maximum atomic E-state index is 13.8. The Morgan fingerprint density at radius 3 is 2.50 bits per heavy atom. The van der Waals surface area contributed by atoms with Gasteiger partial charge in [0.05, 0.1) is 5.69 Å². The minimum Gasteiger partial charge on any atom is -0.406 e. The molecule has 188 valence electrons. The number of piperazine rings is 1. The van der Waals surface area contributed by atoms with E-state index in [2.05, 4.69) is 25.9 Å². The quantitative estimate of drug-likeness (QED) is 0.393. The van der Waals surface area contributed by atoms with Gasteiger partial charge < -0.3 is 14.5 Å². The van der Waals surface area contributed by atoms with E-state index in [0.29, 0.717) is 19.6 Å². The first-order valence-electron chi connectivity index (χ1n) is 11.2. The minimum atomic E-state index is -4.85. The van der Waals surface area contributed by atoms with Crippen LogP contribution in [-0.2, 0) is 0 Å². The first-order chi connectivity index (χ1) is 17.2. The summed E-state index contributed by atoms with van der Waals surface area (Å²) in [4.78, 5) is 34.4. The van der Waals surface area contributed by atoms with E-state index in [9.17, 15) is 22.9 Å². The molecule has 2 amide bonds. The van der Waals surface area contributed by atoms with Crippen molar-refractivity contribution in [1.29, 1.82) is 0 Å². The number of aryl methyl sites for hydroxylation is 1. The number of alkyl halides is 3. The highest BCUT2D eigenvalue weighted by Gasteiger charge is 2.34. The van der Waals surface area contributed by atoms with Crippen molar-refractivity contribution in [2.45, 2.75) is 26.3 Å². The Labute approximate surface area is 205 Å². The molecule has 0 saturated carbocycles. The lowest BCUT2D eigenvalue weighted by atomic mass is 10.1. The highest BCUT2D eigenvalue weighted by molar-refractivity contribution is 6.01. The summed E-state index contributed by atoms with van der Waals surface area (Å²) in [6.45, 7) is 5.37. The van der Waals surface area contributed by atoms with Gasteiger partial charge in [0.1, 0.15) is 5.75 Å². The van der Waals surface area contributed by atoms with Gasteiger partial charge in [-0.15, -0.1) is 18.1 Å². The second kappa shape index (κ2) is 10.2. The van der Waals surface area contributed by atoms with E-state index in [1.165, 1.54) is 35.4 Å². The number of pyridine rings is 1. The number of nitrogens with zero attached hydrogens (tertiary/aromatic N) is 5. The van der Waals surface area contributed by atoms with Gasteiger partial charge in [0.25, 0.3) is 0 Å². The molecule has 1 atom stereocenters. The van der Waals surface area contributed by atoms with Crippen LogP contribution in [0.3, 0.4) is 0 Å². The maximum Gasteiger partial charge on any atom is 0.573 e. The van der Waals surface area contributed by atoms with Crippen molar-refractivity contribution >= 4 is 28.9 Å². The normalized spacial score (nSPS) is 16.0. The van der Waals surface area contributed by atoms with Crippen LogP contribution in [0.4, 0.5) is 40.8 Å². The second-order valence-electron chi connectivity index (χ2n) is 8.42. The topological polar surface area (TPSA) is 78.3 Å². The first kappa shape index (κ1) is 25.0. The molecular weight excluding hydrogens is 475 g/mol. The Balaban J connectivity index is 1.63. The largest absolute Gasteiger partial charge is 0.573 e. The summed E-state index contributed by atoms with van der Waals surface area (Å²) in [6.07, 6.45) is -3.44. The zero-order chi connectivity index (χ0) is 25.9. The molecule has 1 saturated heterocycles. The van der Waals surface area contributed by atoms with Crippen LogP contribution in [0, 0.1) is 11.8 Å². The van der Waals surface area contributed by atoms with Gasteiger partial charge in [-0.05, 0) is 73.1 Å². The predicted molar refractivity (Wildman–Crippen MR) is 130 cm³/mol. The van der Waals surface area contributed by atoms with Crippen molar-refractivity contribution in [1.82, 2.24) is 9.88 Å². The monoisotopic (exact) mass is 499 g/mol. The van der Waals surface area contributed by atoms with Crippen LogP contribution in [0.5, 0.6) is 5.75 Å². The molecule has 1 aromatic heterocycles. The Morgan fingerprint density at radius 2 is 1.86 bits per heavy atom. The van der Waals surface area contributed by atoms with E-state index in [1.54, 1.807) is 4.90 Å². The molecule has 1 aliphatic rings. The van der Waals surface area contributed by atoms with Crippen LogP contribution < -0.4 is 14.5 Å². The number of amides is 2. The van der Waals surface area contributed by atoms with E-state index in [4.69, 9.17) is 0 Å². The number of benzene rings is 2. The molecule has 1 fully saturated rings. The molecule has 1 unspecified atom stereocenters. The number of aromatic nitrogens is 1. The summed E-state index contributed by atoms with van der Waals surface area (Å²) in [5, 5.41) is 2.98. The van der Waals surface area contributed by atoms with Gasteiger partial charge in [-0.3, -0.25) is 0 Å². The van der Waals surface area contributed by atoms with Gasteiger partial charge in [-0.2, -0.15) is 0 Å². The molecule has 0 spiro atoms. The SMILES string of the molecule is Cc1cccc(N2CCN(C(=O)N(c3ccc(OC(F)(F)F)cc3)c3ncccc3N=O)CC2C)c1. The van der Waals surface area contributed by atoms with E-state index < -0.39 is 18.1 Å². The maximum absolute atomic E-state index is 13.8. The third kappa shape index (κ3) is 5.56. The second-order valence-corrected chi connectivity index (χ2v) is 8.42. The van der Waals surface area contributed by atoms with Crippen LogP contribution >= 0.6 is 0 Å². The van der Waals surface area contributed by atoms with Crippen LogP contribution in [0.2, 0.25) is 0 Å². The number of anilines is 3. The minimum absolute atomic E-state index is 0.0127. The standard InChI is InChI=1S/C25H24F3N5O3/c1-17-5-3-6-20(15-17)32-14-13-31(16-18(32)2)24(34)33(23-22(30-35)7-4-12-29-23)19-8-10-21(11-9-19)36-25(26,27)28/h3-12,15,18H,13-14,16H2,1-2H3. The van der Waals surface area contributed by atoms with Gasteiger partial charge in [0, 0.05) is 37.6 Å². The van der Waals surface area contributed by atoms with E-state index in [0.717, 1.165) is 23.4 Å². The molecule has 36 heavy (non-hydrogen) atoms. The summed E-state index contributed by atoms with van der Waals surface area (Å²) in [5.74, 6) is -0.454. The number of nitroso groups, excluding NO2 is 1. The zero-order valence-corrected chi connectivity index (χ0v) is 19.6. The molecule has 8 nitrogen and oxygen atoms in total. The van der Waals surface area contributed by atoms with Gasteiger partial charge in [-0.1, -0.05) is 12.1 Å². The molecule has 1 aliphatic heterocycles. The zero-order valence-electron chi connectivity index (χ0n) is 19.6. The molecule has 2 heterocycles. The first-order valence-corrected chi connectivity index (χ1v) is 11.2. The summed E-state index contributed by atoms with van der Waals surface area (Å²) in [7, 11) is 0. The molecule has 3 aromatic rings. The fourth-order valence-corrected chi connectivity index (χ4v) is 4.22. The van der Waals surface area contributed by atoms with Crippen LogP contribution in [0.1, 0.15) is 12.5 Å². The summed E-state index contributed by atoms with van der Waals surface area (Å²) < 4.78 is 41.7. The fraction of sp³-hybridized carbons (Fsp3) is 0.280. The third-order valence-corrected chi connectivity index (χ3v) is 5.83. The van der Waals surface area contributed by atoms with E-state index in [-0.39, 0.29) is 23.2 Å². The molecular formula is C25H24F3N5O3. The number of hydrogen-bond donors (Lipinski definition) is 0. The van der Waals surface area contributed by atoms with E-state index in [1.807, 2.05) is 32.0 Å². The Hall–Kier alpha value is -4.15. The van der Waals surface area contributed by atoms with Gasteiger partial charge >= 0.3 is 12.4 Å². The van der Waals surface area contributed by atoms with Gasteiger partial charge in [0.2, 0.25) is 0 Å².